The van der Waals surface area contributed by atoms with Crippen molar-refractivity contribution in [3.63, 3.8) is 0 Å². The van der Waals surface area contributed by atoms with E-state index < -0.39 is 17.3 Å². The lowest BCUT2D eigenvalue weighted by atomic mass is 9.97. The number of methoxy groups -OCH3 is 1. The van der Waals surface area contributed by atoms with Crippen LogP contribution in [0, 0.1) is 11.3 Å². The number of hydrogen-bond acceptors (Lipinski definition) is 7. The molecular formula is C19H32O6S2. The van der Waals surface area contributed by atoms with E-state index in [1.54, 1.807) is 18.7 Å². The lowest BCUT2D eigenvalue weighted by Gasteiger charge is -2.20. The molecule has 8 heteroatoms. The Balaban J connectivity index is 3.72. The maximum absolute atomic E-state index is 11.9. The molecule has 156 valence electrons. The molecule has 0 rings (SSSR count). The van der Waals surface area contributed by atoms with E-state index in [2.05, 4.69) is 0 Å². The second-order valence-electron chi connectivity index (χ2n) is 7.17. The number of Topliss-reactive ketones (excluding diaryl/α,β-unsaturated/α-hetero) is 2. The lowest BCUT2D eigenvalue weighted by Crippen LogP contribution is -2.28. The van der Waals surface area contributed by atoms with Crippen molar-refractivity contribution in [3.05, 3.63) is 0 Å². The van der Waals surface area contributed by atoms with Gasteiger partial charge in [-0.1, -0.05) is 6.92 Å². The molecule has 0 aliphatic carbocycles. The summed E-state index contributed by atoms with van der Waals surface area (Å²) in [5, 5.41) is 8.78. The Morgan fingerprint density at radius 3 is 1.96 bits per heavy atom. The van der Waals surface area contributed by atoms with Crippen molar-refractivity contribution in [2.75, 3.05) is 30.1 Å². The zero-order chi connectivity index (χ0) is 20.9. The summed E-state index contributed by atoms with van der Waals surface area (Å²) in [6, 6.07) is 0. The van der Waals surface area contributed by atoms with E-state index in [0.29, 0.717) is 55.1 Å². The summed E-state index contributed by atoms with van der Waals surface area (Å²) < 4.78 is 4.75. The monoisotopic (exact) mass is 420 g/mol. The Kier molecular flexibility index (Phi) is 13.5. The summed E-state index contributed by atoms with van der Waals surface area (Å²) in [4.78, 5) is 45.9. The Morgan fingerprint density at radius 2 is 1.48 bits per heavy atom. The minimum Gasteiger partial charge on any atom is -0.481 e. The smallest absolute Gasteiger partial charge is 0.312 e. The first kappa shape index (κ1) is 26.0. The van der Waals surface area contributed by atoms with Gasteiger partial charge in [0.1, 0.15) is 11.6 Å². The molecule has 0 saturated heterocycles. The maximum atomic E-state index is 11.9. The fourth-order valence-electron chi connectivity index (χ4n) is 2.10. The van der Waals surface area contributed by atoms with Gasteiger partial charge in [0.25, 0.3) is 0 Å². The van der Waals surface area contributed by atoms with Crippen LogP contribution in [0.2, 0.25) is 0 Å². The van der Waals surface area contributed by atoms with Crippen LogP contribution in [-0.2, 0) is 23.9 Å². The zero-order valence-corrected chi connectivity index (χ0v) is 18.4. The topological polar surface area (TPSA) is 97.7 Å². The Labute approximate surface area is 170 Å². The maximum Gasteiger partial charge on any atom is 0.312 e. The zero-order valence-electron chi connectivity index (χ0n) is 16.7. The number of esters is 1. The molecule has 1 atom stereocenters. The summed E-state index contributed by atoms with van der Waals surface area (Å²) >= 11 is 3.03. The Bertz CT molecular complexity index is 504. The van der Waals surface area contributed by atoms with Crippen LogP contribution < -0.4 is 0 Å². The molecule has 0 radical (unpaired) electrons. The fraction of sp³-hybridized carbons (Fsp3) is 0.789. The molecule has 0 aromatic rings. The quantitative estimate of drug-likeness (QED) is 0.299. The minimum atomic E-state index is -0.820. The van der Waals surface area contributed by atoms with Crippen LogP contribution in [0.5, 0.6) is 0 Å². The van der Waals surface area contributed by atoms with Crippen molar-refractivity contribution in [1.29, 1.82) is 0 Å². The fourth-order valence-corrected chi connectivity index (χ4v) is 4.28. The van der Waals surface area contributed by atoms with Crippen LogP contribution >= 0.6 is 23.5 Å². The molecule has 0 saturated carbocycles. The molecule has 0 aliphatic rings. The van der Waals surface area contributed by atoms with Crippen LogP contribution in [-0.4, -0.2) is 58.7 Å². The van der Waals surface area contributed by atoms with Crippen LogP contribution in [0.1, 0.15) is 52.9 Å². The number of aliphatic carboxylic acids is 1. The largest absolute Gasteiger partial charge is 0.481 e. The van der Waals surface area contributed by atoms with E-state index in [1.807, 2.05) is 13.8 Å². The van der Waals surface area contributed by atoms with Gasteiger partial charge < -0.3 is 9.84 Å². The number of hydrogen-bond donors (Lipinski definition) is 1. The average molecular weight is 421 g/mol. The molecule has 0 amide bonds. The van der Waals surface area contributed by atoms with E-state index in [1.165, 1.54) is 18.9 Å². The van der Waals surface area contributed by atoms with Crippen molar-refractivity contribution >= 4 is 47.0 Å². The third-order valence-electron chi connectivity index (χ3n) is 3.95. The summed E-state index contributed by atoms with van der Waals surface area (Å²) in [7, 11) is 1.37. The molecule has 0 heterocycles. The molecular weight excluding hydrogens is 388 g/mol. The van der Waals surface area contributed by atoms with E-state index in [9.17, 15) is 19.2 Å². The number of thioether (sulfide) groups is 2. The molecule has 1 N–H and O–H groups in total. The van der Waals surface area contributed by atoms with Gasteiger partial charge in [0.15, 0.2) is 0 Å². The number of ketones is 2. The van der Waals surface area contributed by atoms with Crippen LogP contribution in [0.25, 0.3) is 0 Å². The molecule has 0 bridgehead atoms. The molecule has 0 aromatic heterocycles. The highest BCUT2D eigenvalue weighted by atomic mass is 32.2. The van der Waals surface area contributed by atoms with Gasteiger partial charge in [0, 0.05) is 48.7 Å². The molecule has 0 fully saturated rings. The highest BCUT2D eigenvalue weighted by Crippen LogP contribution is 2.23. The summed E-state index contributed by atoms with van der Waals surface area (Å²) in [5.74, 6) is 1.16. The number of rotatable bonds is 16. The van der Waals surface area contributed by atoms with Crippen molar-refractivity contribution in [2.24, 2.45) is 11.3 Å². The minimum absolute atomic E-state index is 0.118. The van der Waals surface area contributed by atoms with Crippen LogP contribution in [0.4, 0.5) is 0 Å². The molecule has 1 unspecified atom stereocenters. The van der Waals surface area contributed by atoms with Crippen molar-refractivity contribution < 1.29 is 29.0 Å². The first-order valence-corrected chi connectivity index (χ1v) is 11.4. The van der Waals surface area contributed by atoms with Gasteiger partial charge in [-0.05, 0) is 20.3 Å². The van der Waals surface area contributed by atoms with Gasteiger partial charge in [0.05, 0.1) is 18.4 Å². The number of carboxylic acids is 1. The predicted molar refractivity (Wildman–Crippen MR) is 110 cm³/mol. The van der Waals surface area contributed by atoms with Crippen molar-refractivity contribution in [2.45, 2.75) is 52.9 Å². The molecule has 0 aromatic carbocycles. The van der Waals surface area contributed by atoms with Crippen LogP contribution in [0.15, 0.2) is 0 Å². The second kappa shape index (κ2) is 14.0. The average Bonchev–Trinajstić information content (AvgIpc) is 2.61. The predicted octanol–water partition coefficient (Wildman–Crippen LogP) is 3.46. The number of carboxylic acid groups (broad SMARTS) is 1. The third-order valence-corrected chi connectivity index (χ3v) is 6.60. The molecule has 0 aliphatic heterocycles. The first-order valence-electron chi connectivity index (χ1n) is 9.10. The lowest BCUT2D eigenvalue weighted by molar-refractivity contribution is -0.149. The molecule has 27 heavy (non-hydrogen) atoms. The standard InChI is InChI=1S/C19H32O6S2/c1-14(17(22)23)12-26-10-8-15(20)6-5-7-16(21)9-11-27-13-19(2,3)18(24)25-4/h14H,5-13H2,1-4H3,(H,22,23). The van der Waals surface area contributed by atoms with Gasteiger partial charge in [-0.3, -0.25) is 19.2 Å². The van der Waals surface area contributed by atoms with E-state index >= 15 is 0 Å². The highest BCUT2D eigenvalue weighted by molar-refractivity contribution is 7.99. The Morgan fingerprint density at radius 1 is 0.963 bits per heavy atom. The summed E-state index contributed by atoms with van der Waals surface area (Å²) in [6.07, 6.45) is 2.22. The number of ether oxygens (including phenoxy) is 1. The Hall–Kier alpha value is -1.02. The molecule has 6 nitrogen and oxygen atoms in total. The van der Waals surface area contributed by atoms with Gasteiger partial charge in [0.2, 0.25) is 0 Å². The second-order valence-corrected chi connectivity index (χ2v) is 9.43. The molecule has 0 spiro atoms. The van der Waals surface area contributed by atoms with Crippen molar-refractivity contribution in [3.8, 4) is 0 Å². The van der Waals surface area contributed by atoms with Gasteiger partial charge in [-0.2, -0.15) is 23.5 Å². The summed E-state index contributed by atoms with van der Waals surface area (Å²) in [6.45, 7) is 5.29. The normalized spacial score (nSPS) is 12.4. The van der Waals surface area contributed by atoms with Crippen molar-refractivity contribution in [1.82, 2.24) is 0 Å². The highest BCUT2D eigenvalue weighted by Gasteiger charge is 2.28. The van der Waals surface area contributed by atoms with Gasteiger partial charge in [-0.25, -0.2) is 0 Å². The summed E-state index contributed by atoms with van der Waals surface area (Å²) in [5.41, 5.74) is -0.560. The SMILES string of the molecule is COC(=O)C(C)(C)CSCCC(=O)CCCC(=O)CCSCC(C)C(=O)O. The number of carbonyl (C=O) groups is 4. The first-order chi connectivity index (χ1) is 12.6. The van der Waals surface area contributed by atoms with E-state index in [0.717, 1.165) is 0 Å². The third kappa shape index (κ3) is 12.9. The number of carbonyl (C=O) groups excluding carboxylic acids is 3. The van der Waals surface area contributed by atoms with E-state index in [4.69, 9.17) is 9.84 Å². The van der Waals surface area contributed by atoms with Gasteiger partial charge >= 0.3 is 11.9 Å². The van der Waals surface area contributed by atoms with Crippen LogP contribution in [0.3, 0.4) is 0 Å². The van der Waals surface area contributed by atoms with E-state index in [-0.39, 0.29) is 17.5 Å². The van der Waals surface area contributed by atoms with Gasteiger partial charge in [-0.15, -0.1) is 0 Å².